The number of hydrogen-bond acceptors (Lipinski definition) is 2. The fourth-order valence-electron chi connectivity index (χ4n) is 4.98. The van der Waals surface area contributed by atoms with Gasteiger partial charge >= 0.3 is 0 Å². The summed E-state index contributed by atoms with van der Waals surface area (Å²) in [4.78, 5) is 8.99. The zero-order chi connectivity index (χ0) is 23.2. The smallest absolute Gasteiger partial charge is 0.0702 e. The van der Waals surface area contributed by atoms with Crippen molar-refractivity contribution in [1.29, 1.82) is 0 Å². The van der Waals surface area contributed by atoms with Gasteiger partial charge in [-0.2, -0.15) is 0 Å². The SMILES string of the molecule is c1ccc(-c2ccc(-c3ccc4c(c3)c3ccccc3n4-c3ccc4cnccc4c3)cn2)cc1. The number of pyridine rings is 2. The monoisotopic (exact) mass is 447 g/mol. The van der Waals surface area contributed by atoms with Gasteiger partial charge in [-0.05, 0) is 53.4 Å². The summed E-state index contributed by atoms with van der Waals surface area (Å²) < 4.78 is 2.35. The maximum Gasteiger partial charge on any atom is 0.0702 e. The fourth-order valence-corrected chi connectivity index (χ4v) is 4.98. The number of nitrogens with zero attached hydrogens (tertiary/aromatic N) is 3. The number of fused-ring (bicyclic) bond motifs is 4. The van der Waals surface area contributed by atoms with Crippen molar-refractivity contribution < 1.29 is 0 Å². The molecule has 0 fully saturated rings. The second-order valence-corrected chi connectivity index (χ2v) is 8.79. The summed E-state index contributed by atoms with van der Waals surface area (Å²) in [6.45, 7) is 0. The van der Waals surface area contributed by atoms with E-state index in [4.69, 9.17) is 4.98 Å². The Morgan fingerprint density at radius 2 is 1.34 bits per heavy atom. The molecule has 35 heavy (non-hydrogen) atoms. The first-order chi connectivity index (χ1) is 17.3. The number of para-hydroxylation sites is 1. The van der Waals surface area contributed by atoms with Gasteiger partial charge in [0.2, 0.25) is 0 Å². The van der Waals surface area contributed by atoms with Gasteiger partial charge in [-0.15, -0.1) is 0 Å². The van der Waals surface area contributed by atoms with Crippen molar-refractivity contribution in [3.63, 3.8) is 0 Å². The predicted octanol–water partition coefficient (Wildman–Crippen LogP) is 8.06. The highest BCUT2D eigenvalue weighted by atomic mass is 15.0. The van der Waals surface area contributed by atoms with E-state index < -0.39 is 0 Å². The van der Waals surface area contributed by atoms with Crippen molar-refractivity contribution in [1.82, 2.24) is 14.5 Å². The predicted molar refractivity (Wildman–Crippen MR) is 145 cm³/mol. The number of hydrogen-bond donors (Lipinski definition) is 0. The third-order valence-corrected chi connectivity index (χ3v) is 6.72. The molecule has 0 N–H and O–H groups in total. The third kappa shape index (κ3) is 3.29. The summed E-state index contributed by atoms with van der Waals surface area (Å²) in [5.41, 5.74) is 7.93. The highest BCUT2D eigenvalue weighted by Gasteiger charge is 2.13. The van der Waals surface area contributed by atoms with Crippen LogP contribution in [0, 0.1) is 0 Å². The lowest BCUT2D eigenvalue weighted by Crippen LogP contribution is -1.94. The summed E-state index contributed by atoms with van der Waals surface area (Å²) in [5.74, 6) is 0. The average molecular weight is 448 g/mol. The molecule has 0 aliphatic rings. The van der Waals surface area contributed by atoms with Gasteiger partial charge in [-0.1, -0.05) is 66.7 Å². The van der Waals surface area contributed by atoms with Crippen molar-refractivity contribution in [2.75, 3.05) is 0 Å². The minimum absolute atomic E-state index is 0.985. The molecule has 7 rings (SSSR count). The molecule has 0 aliphatic heterocycles. The fraction of sp³-hybridized carbons (Fsp3) is 0. The molecule has 0 amide bonds. The number of rotatable bonds is 3. The first kappa shape index (κ1) is 19.7. The summed E-state index contributed by atoms with van der Waals surface area (Å²) >= 11 is 0. The van der Waals surface area contributed by atoms with Gasteiger partial charge in [-0.25, -0.2) is 0 Å². The van der Waals surface area contributed by atoms with Crippen LogP contribution in [0.1, 0.15) is 0 Å². The summed E-state index contributed by atoms with van der Waals surface area (Å²) in [5, 5.41) is 4.81. The Kier molecular flexibility index (Phi) is 4.46. The standard InChI is InChI=1S/C32H21N3/c1-2-6-22(7-3-1)30-14-11-26(21-34-30)23-12-15-32-29(19-23)28-8-4-5-9-31(28)35(32)27-13-10-25-20-33-17-16-24(25)18-27/h1-21H. The molecular weight excluding hydrogens is 426 g/mol. The molecule has 3 aromatic heterocycles. The van der Waals surface area contributed by atoms with Crippen LogP contribution >= 0.6 is 0 Å². The van der Waals surface area contributed by atoms with Crippen LogP contribution in [0.3, 0.4) is 0 Å². The van der Waals surface area contributed by atoms with E-state index in [-0.39, 0.29) is 0 Å². The Balaban J connectivity index is 1.38. The topological polar surface area (TPSA) is 30.7 Å². The molecule has 3 heteroatoms. The Bertz CT molecular complexity index is 1830. The van der Waals surface area contributed by atoms with Gasteiger partial charge < -0.3 is 4.57 Å². The molecule has 0 radical (unpaired) electrons. The van der Waals surface area contributed by atoms with Crippen LogP contribution in [0.15, 0.2) is 128 Å². The highest BCUT2D eigenvalue weighted by molar-refractivity contribution is 6.10. The molecule has 7 aromatic rings. The molecule has 0 unspecified atom stereocenters. The molecule has 164 valence electrons. The lowest BCUT2D eigenvalue weighted by Gasteiger charge is -2.10. The lowest BCUT2D eigenvalue weighted by molar-refractivity contribution is 1.18. The van der Waals surface area contributed by atoms with E-state index in [1.165, 1.54) is 27.2 Å². The summed E-state index contributed by atoms with van der Waals surface area (Å²) in [7, 11) is 0. The Labute approximate surface area is 203 Å². The quantitative estimate of drug-likeness (QED) is 0.274. The highest BCUT2D eigenvalue weighted by Crippen LogP contribution is 2.35. The van der Waals surface area contributed by atoms with Gasteiger partial charge in [0.1, 0.15) is 0 Å². The maximum absolute atomic E-state index is 4.74. The molecular formula is C32H21N3. The zero-order valence-electron chi connectivity index (χ0n) is 19.0. The van der Waals surface area contributed by atoms with Gasteiger partial charge in [-0.3, -0.25) is 9.97 Å². The number of benzene rings is 4. The van der Waals surface area contributed by atoms with Crippen molar-refractivity contribution >= 4 is 32.6 Å². The average Bonchev–Trinajstić information content (AvgIpc) is 3.27. The first-order valence-electron chi connectivity index (χ1n) is 11.7. The van der Waals surface area contributed by atoms with Crippen molar-refractivity contribution in [3.8, 4) is 28.1 Å². The van der Waals surface area contributed by atoms with Crippen molar-refractivity contribution in [2.45, 2.75) is 0 Å². The van der Waals surface area contributed by atoms with Gasteiger partial charge in [0.25, 0.3) is 0 Å². The number of aromatic nitrogens is 3. The second kappa shape index (κ2) is 7.93. The Morgan fingerprint density at radius 3 is 2.23 bits per heavy atom. The summed E-state index contributed by atoms with van der Waals surface area (Å²) in [6.07, 6.45) is 5.73. The van der Waals surface area contributed by atoms with Crippen LogP contribution < -0.4 is 0 Å². The van der Waals surface area contributed by atoms with Crippen LogP contribution in [0.25, 0.3) is 60.6 Å². The molecule has 4 aromatic carbocycles. The summed E-state index contributed by atoms with van der Waals surface area (Å²) in [6, 6.07) is 38.5. The van der Waals surface area contributed by atoms with Crippen molar-refractivity contribution in [3.05, 3.63) is 128 Å². The van der Waals surface area contributed by atoms with E-state index >= 15 is 0 Å². The molecule has 0 aliphatic carbocycles. The van der Waals surface area contributed by atoms with Crippen LogP contribution in [-0.4, -0.2) is 14.5 Å². The van der Waals surface area contributed by atoms with Gasteiger partial charge in [0, 0.05) is 51.6 Å². The van der Waals surface area contributed by atoms with E-state index in [1.807, 2.05) is 36.8 Å². The van der Waals surface area contributed by atoms with E-state index in [2.05, 4.69) is 101 Å². The lowest BCUT2D eigenvalue weighted by atomic mass is 10.0. The molecule has 0 bridgehead atoms. The Morgan fingerprint density at radius 1 is 0.514 bits per heavy atom. The normalized spacial score (nSPS) is 11.4. The van der Waals surface area contributed by atoms with Crippen LogP contribution in [0.2, 0.25) is 0 Å². The van der Waals surface area contributed by atoms with E-state index in [9.17, 15) is 0 Å². The largest absolute Gasteiger partial charge is 0.309 e. The molecule has 3 nitrogen and oxygen atoms in total. The first-order valence-corrected chi connectivity index (χ1v) is 11.7. The molecule has 0 saturated carbocycles. The van der Waals surface area contributed by atoms with E-state index in [0.717, 1.165) is 33.5 Å². The Hall–Kier alpha value is -4.76. The second-order valence-electron chi connectivity index (χ2n) is 8.79. The maximum atomic E-state index is 4.74. The molecule has 0 atom stereocenters. The molecule has 0 spiro atoms. The minimum atomic E-state index is 0.985. The van der Waals surface area contributed by atoms with Crippen LogP contribution in [-0.2, 0) is 0 Å². The zero-order valence-corrected chi connectivity index (χ0v) is 19.0. The van der Waals surface area contributed by atoms with E-state index in [0.29, 0.717) is 0 Å². The van der Waals surface area contributed by atoms with E-state index in [1.54, 1.807) is 0 Å². The van der Waals surface area contributed by atoms with Gasteiger partial charge in [0.05, 0.1) is 16.7 Å². The van der Waals surface area contributed by atoms with Crippen molar-refractivity contribution in [2.24, 2.45) is 0 Å². The minimum Gasteiger partial charge on any atom is -0.309 e. The molecule has 0 saturated heterocycles. The van der Waals surface area contributed by atoms with Crippen LogP contribution in [0.5, 0.6) is 0 Å². The van der Waals surface area contributed by atoms with Gasteiger partial charge in [0.15, 0.2) is 0 Å². The molecule has 3 heterocycles. The third-order valence-electron chi connectivity index (χ3n) is 6.72. The van der Waals surface area contributed by atoms with Crippen LogP contribution in [0.4, 0.5) is 0 Å².